The van der Waals surface area contributed by atoms with Gasteiger partial charge in [0.15, 0.2) is 0 Å². The van der Waals surface area contributed by atoms with Crippen LogP contribution in [0.15, 0.2) is 30.3 Å². The largest absolute Gasteiger partial charge is 0.467 e. The van der Waals surface area contributed by atoms with E-state index in [1.165, 1.54) is 7.11 Å². The number of amides is 1. The lowest BCUT2D eigenvalue weighted by atomic mass is 10.0. The number of hydrogen-bond donors (Lipinski definition) is 1. The summed E-state index contributed by atoms with van der Waals surface area (Å²) in [6.07, 6.45) is 1.68. The first kappa shape index (κ1) is 16.2. The number of methoxy groups -OCH3 is 1. The lowest BCUT2D eigenvalue weighted by Crippen LogP contribution is -2.42. The molecule has 1 N–H and O–H groups in total. The van der Waals surface area contributed by atoms with Crippen LogP contribution in [0.1, 0.15) is 32.3 Å². The molecule has 0 aliphatic rings. The molecule has 4 heteroatoms. The van der Waals surface area contributed by atoms with Gasteiger partial charge >= 0.3 is 5.97 Å². The van der Waals surface area contributed by atoms with Crippen LogP contribution in [0.3, 0.4) is 0 Å². The average molecular weight is 277 g/mol. The second kappa shape index (κ2) is 8.35. The monoisotopic (exact) mass is 277 g/mol. The van der Waals surface area contributed by atoms with Crippen LogP contribution in [0.5, 0.6) is 0 Å². The van der Waals surface area contributed by atoms with Crippen molar-refractivity contribution in [2.24, 2.45) is 5.92 Å². The minimum Gasteiger partial charge on any atom is -0.467 e. The van der Waals surface area contributed by atoms with Gasteiger partial charge in [-0.1, -0.05) is 44.2 Å². The standard InChI is InChI=1S/C16H23NO3/c1-12(2)11-15(18)17-14(16(19)20-3)10-9-13-7-5-4-6-8-13/h4-8,12,14H,9-11H2,1-3H3,(H,17,18)/t14-/m1/s1. The molecule has 0 fully saturated rings. The zero-order chi connectivity index (χ0) is 15.0. The van der Waals surface area contributed by atoms with Gasteiger partial charge in [-0.25, -0.2) is 4.79 Å². The normalized spacial score (nSPS) is 12.0. The summed E-state index contributed by atoms with van der Waals surface area (Å²) in [5.74, 6) is -0.232. The minimum atomic E-state index is -0.577. The van der Waals surface area contributed by atoms with Gasteiger partial charge in [-0.15, -0.1) is 0 Å². The number of hydrogen-bond acceptors (Lipinski definition) is 3. The van der Waals surface area contributed by atoms with E-state index in [0.29, 0.717) is 12.8 Å². The molecule has 0 aliphatic heterocycles. The van der Waals surface area contributed by atoms with E-state index in [4.69, 9.17) is 4.74 Å². The van der Waals surface area contributed by atoms with Crippen LogP contribution >= 0.6 is 0 Å². The van der Waals surface area contributed by atoms with Crippen LogP contribution in [0, 0.1) is 5.92 Å². The summed E-state index contributed by atoms with van der Waals surface area (Å²) in [6, 6.07) is 9.30. The van der Waals surface area contributed by atoms with Crippen molar-refractivity contribution in [1.29, 1.82) is 0 Å². The number of benzene rings is 1. The quantitative estimate of drug-likeness (QED) is 0.778. The van der Waals surface area contributed by atoms with Gasteiger partial charge in [0.05, 0.1) is 7.11 Å². The van der Waals surface area contributed by atoms with E-state index in [2.05, 4.69) is 5.32 Å². The molecule has 0 heterocycles. The van der Waals surface area contributed by atoms with E-state index >= 15 is 0 Å². The molecule has 1 atom stereocenters. The van der Waals surface area contributed by atoms with Gasteiger partial charge < -0.3 is 10.1 Å². The average Bonchev–Trinajstić information content (AvgIpc) is 2.42. The van der Waals surface area contributed by atoms with Crippen molar-refractivity contribution in [1.82, 2.24) is 5.32 Å². The molecule has 0 aliphatic carbocycles. The number of ether oxygens (including phenoxy) is 1. The molecule has 0 unspecified atom stereocenters. The molecule has 0 aromatic heterocycles. The maximum absolute atomic E-state index is 11.8. The highest BCUT2D eigenvalue weighted by Gasteiger charge is 2.21. The van der Waals surface area contributed by atoms with Crippen molar-refractivity contribution >= 4 is 11.9 Å². The molecule has 20 heavy (non-hydrogen) atoms. The zero-order valence-electron chi connectivity index (χ0n) is 12.4. The van der Waals surface area contributed by atoms with Crippen LogP contribution in [0.4, 0.5) is 0 Å². The van der Waals surface area contributed by atoms with Gasteiger partial charge in [0.25, 0.3) is 0 Å². The summed E-state index contributed by atoms with van der Waals surface area (Å²) in [6.45, 7) is 3.94. The summed E-state index contributed by atoms with van der Waals surface area (Å²) in [4.78, 5) is 23.5. The van der Waals surface area contributed by atoms with Crippen molar-refractivity contribution in [3.05, 3.63) is 35.9 Å². The Balaban J connectivity index is 2.56. The lowest BCUT2D eigenvalue weighted by molar-refractivity contribution is -0.145. The van der Waals surface area contributed by atoms with E-state index in [-0.39, 0.29) is 11.8 Å². The molecular weight excluding hydrogens is 254 g/mol. The fourth-order valence-corrected chi connectivity index (χ4v) is 1.97. The predicted octanol–water partition coefficient (Wildman–Crippen LogP) is 2.32. The van der Waals surface area contributed by atoms with Gasteiger partial charge in [-0.05, 0) is 24.3 Å². The van der Waals surface area contributed by atoms with Crippen molar-refractivity contribution < 1.29 is 14.3 Å². The van der Waals surface area contributed by atoms with E-state index in [1.807, 2.05) is 44.2 Å². The van der Waals surface area contributed by atoms with Gasteiger partial charge in [0, 0.05) is 6.42 Å². The smallest absolute Gasteiger partial charge is 0.328 e. The third-order valence-electron chi connectivity index (χ3n) is 2.98. The molecule has 110 valence electrons. The lowest BCUT2D eigenvalue weighted by Gasteiger charge is -2.17. The molecule has 1 amide bonds. The fourth-order valence-electron chi connectivity index (χ4n) is 1.97. The van der Waals surface area contributed by atoms with Gasteiger partial charge in [0.1, 0.15) is 6.04 Å². The SMILES string of the molecule is COC(=O)[C@@H](CCc1ccccc1)NC(=O)CC(C)C. The third-order valence-corrected chi connectivity index (χ3v) is 2.98. The third kappa shape index (κ3) is 5.87. The highest BCUT2D eigenvalue weighted by Crippen LogP contribution is 2.07. The highest BCUT2D eigenvalue weighted by atomic mass is 16.5. The second-order valence-corrected chi connectivity index (χ2v) is 5.27. The number of carbonyl (C=O) groups excluding carboxylic acids is 2. The van der Waals surface area contributed by atoms with Crippen molar-refractivity contribution in [2.45, 2.75) is 39.2 Å². The molecular formula is C16H23NO3. The number of esters is 1. The predicted molar refractivity (Wildman–Crippen MR) is 78.2 cm³/mol. The molecule has 0 spiro atoms. The number of carbonyl (C=O) groups is 2. The Bertz CT molecular complexity index is 429. The summed E-state index contributed by atoms with van der Waals surface area (Å²) in [5.41, 5.74) is 1.14. The van der Waals surface area contributed by atoms with E-state index < -0.39 is 12.0 Å². The fraction of sp³-hybridized carbons (Fsp3) is 0.500. The summed E-state index contributed by atoms with van der Waals surface area (Å²) in [5, 5.41) is 2.76. The minimum absolute atomic E-state index is 0.108. The molecule has 0 bridgehead atoms. The van der Waals surface area contributed by atoms with E-state index in [9.17, 15) is 9.59 Å². The zero-order valence-corrected chi connectivity index (χ0v) is 12.4. The maximum atomic E-state index is 11.8. The van der Waals surface area contributed by atoms with Crippen molar-refractivity contribution in [3.8, 4) is 0 Å². The molecule has 0 saturated carbocycles. The first-order chi connectivity index (χ1) is 9.52. The van der Waals surface area contributed by atoms with Crippen LogP contribution in [0.25, 0.3) is 0 Å². The summed E-state index contributed by atoms with van der Waals surface area (Å²) in [7, 11) is 1.34. The van der Waals surface area contributed by atoms with Gasteiger partial charge in [-0.3, -0.25) is 4.79 Å². The van der Waals surface area contributed by atoms with Crippen LogP contribution in [0.2, 0.25) is 0 Å². The first-order valence-electron chi connectivity index (χ1n) is 6.94. The number of nitrogens with one attached hydrogen (secondary N) is 1. The molecule has 1 aromatic carbocycles. The van der Waals surface area contributed by atoms with Crippen LogP contribution < -0.4 is 5.32 Å². The Hall–Kier alpha value is -1.84. The molecule has 1 rings (SSSR count). The molecule has 0 saturated heterocycles. The highest BCUT2D eigenvalue weighted by molar-refractivity contribution is 5.84. The Morgan fingerprint density at radius 1 is 1.20 bits per heavy atom. The first-order valence-corrected chi connectivity index (χ1v) is 6.94. The second-order valence-electron chi connectivity index (χ2n) is 5.27. The summed E-state index contributed by atoms with van der Waals surface area (Å²) >= 11 is 0. The molecule has 0 radical (unpaired) electrons. The van der Waals surface area contributed by atoms with Crippen molar-refractivity contribution in [2.75, 3.05) is 7.11 Å². The van der Waals surface area contributed by atoms with Crippen LogP contribution in [-0.2, 0) is 20.7 Å². The van der Waals surface area contributed by atoms with Gasteiger partial charge in [0.2, 0.25) is 5.91 Å². The molecule has 1 aromatic rings. The van der Waals surface area contributed by atoms with E-state index in [1.54, 1.807) is 0 Å². The summed E-state index contributed by atoms with van der Waals surface area (Å²) < 4.78 is 4.75. The van der Waals surface area contributed by atoms with Crippen molar-refractivity contribution in [3.63, 3.8) is 0 Å². The van der Waals surface area contributed by atoms with E-state index in [0.717, 1.165) is 12.0 Å². The Labute approximate surface area is 120 Å². The maximum Gasteiger partial charge on any atom is 0.328 e. The van der Waals surface area contributed by atoms with Gasteiger partial charge in [-0.2, -0.15) is 0 Å². The number of rotatable bonds is 7. The topological polar surface area (TPSA) is 55.4 Å². The Morgan fingerprint density at radius 3 is 2.40 bits per heavy atom. The Morgan fingerprint density at radius 2 is 1.85 bits per heavy atom. The number of aryl methyl sites for hydroxylation is 1. The van der Waals surface area contributed by atoms with Crippen LogP contribution in [-0.4, -0.2) is 25.0 Å². The molecule has 4 nitrogen and oxygen atoms in total. The Kier molecular flexibility index (Phi) is 6.77.